The van der Waals surface area contributed by atoms with Gasteiger partial charge in [-0.05, 0) is 38.3 Å². The van der Waals surface area contributed by atoms with Crippen LogP contribution in [0.4, 0.5) is 0 Å². The van der Waals surface area contributed by atoms with Crippen LogP contribution in [0.1, 0.15) is 43.2 Å². The van der Waals surface area contributed by atoms with E-state index < -0.39 is 17.9 Å². The number of hydrogen-bond acceptors (Lipinski definition) is 4. The Morgan fingerprint density at radius 3 is 2.17 bits per heavy atom. The monoisotopic (exact) mass is 394 g/mol. The largest absolute Gasteiger partial charge is 0.457 e. The first kappa shape index (κ1) is 20.4. The van der Waals surface area contributed by atoms with E-state index in [1.54, 1.807) is 6.92 Å². The molecule has 152 valence electrons. The van der Waals surface area contributed by atoms with Crippen LogP contribution in [0.15, 0.2) is 53.5 Å². The van der Waals surface area contributed by atoms with Gasteiger partial charge in [0.25, 0.3) is 0 Å². The maximum Gasteiger partial charge on any atom is 0.242 e. The molecule has 0 saturated heterocycles. The molecule has 0 radical (unpaired) electrons. The minimum atomic E-state index is -0.620. The van der Waals surface area contributed by atoms with Gasteiger partial charge in [0, 0.05) is 17.7 Å². The van der Waals surface area contributed by atoms with Crippen LogP contribution in [0, 0.1) is 0 Å². The fourth-order valence-corrected chi connectivity index (χ4v) is 3.48. The third-order valence-corrected chi connectivity index (χ3v) is 4.83. The van der Waals surface area contributed by atoms with Crippen molar-refractivity contribution in [1.82, 2.24) is 5.32 Å². The zero-order valence-corrected chi connectivity index (χ0v) is 16.4. The van der Waals surface area contributed by atoms with E-state index in [9.17, 15) is 9.59 Å². The molecule has 0 unspecified atom stereocenters. The molecule has 2 aromatic carbocycles. The van der Waals surface area contributed by atoms with Gasteiger partial charge in [-0.1, -0.05) is 36.4 Å². The number of fused-ring (bicyclic) bond motifs is 2. The van der Waals surface area contributed by atoms with Crippen molar-refractivity contribution in [2.24, 2.45) is 16.5 Å². The summed E-state index contributed by atoms with van der Waals surface area (Å²) in [5.74, 6) is 0.749. The Bertz CT molecular complexity index is 876. The van der Waals surface area contributed by atoms with Gasteiger partial charge in [-0.3, -0.25) is 14.6 Å². The van der Waals surface area contributed by atoms with Crippen molar-refractivity contribution < 1.29 is 14.3 Å². The third-order valence-electron chi connectivity index (χ3n) is 4.83. The maximum absolute atomic E-state index is 13.0. The Balaban J connectivity index is 1.60. The van der Waals surface area contributed by atoms with E-state index in [0.717, 1.165) is 11.1 Å². The second-order valence-electron chi connectivity index (χ2n) is 7.09. The van der Waals surface area contributed by atoms with Crippen molar-refractivity contribution in [2.45, 2.75) is 38.1 Å². The van der Waals surface area contributed by atoms with Crippen LogP contribution >= 0.6 is 0 Å². The summed E-state index contributed by atoms with van der Waals surface area (Å²) < 4.78 is 5.93. The maximum atomic E-state index is 13.0. The predicted octanol–water partition coefficient (Wildman–Crippen LogP) is 2.44. The molecule has 0 aliphatic carbocycles. The van der Waals surface area contributed by atoms with E-state index in [2.05, 4.69) is 10.3 Å². The van der Waals surface area contributed by atoms with Gasteiger partial charge >= 0.3 is 0 Å². The Hall–Kier alpha value is -3.35. The number of para-hydroxylation sites is 2. The number of ether oxygens (including phenoxy) is 1. The molecule has 3 rings (SSSR count). The Kier molecular flexibility index (Phi) is 6.49. The number of nitrogens with zero attached hydrogens (tertiary/aromatic N) is 1. The van der Waals surface area contributed by atoms with Crippen LogP contribution < -0.4 is 21.5 Å². The number of amides is 2. The number of amidine groups is 1. The van der Waals surface area contributed by atoms with E-state index in [0.29, 0.717) is 43.1 Å². The Morgan fingerprint density at radius 1 is 1.03 bits per heavy atom. The van der Waals surface area contributed by atoms with E-state index in [4.69, 9.17) is 16.2 Å². The lowest BCUT2D eigenvalue weighted by Gasteiger charge is -2.27. The molecule has 29 heavy (non-hydrogen) atoms. The van der Waals surface area contributed by atoms with Crippen LogP contribution in [0.3, 0.4) is 0 Å². The molecule has 1 heterocycles. The summed E-state index contributed by atoms with van der Waals surface area (Å²) in [4.78, 5) is 28.5. The molecule has 1 atom stereocenters. The number of aliphatic imine (C=N–C) groups is 1. The second-order valence-corrected chi connectivity index (χ2v) is 7.09. The van der Waals surface area contributed by atoms with Crippen LogP contribution in [0.5, 0.6) is 11.5 Å². The average Bonchev–Trinajstić information content (AvgIpc) is 2.70. The van der Waals surface area contributed by atoms with E-state index in [1.807, 2.05) is 48.5 Å². The van der Waals surface area contributed by atoms with Crippen molar-refractivity contribution in [2.75, 3.05) is 6.54 Å². The summed E-state index contributed by atoms with van der Waals surface area (Å²) in [5.41, 5.74) is 12.6. The van der Waals surface area contributed by atoms with Gasteiger partial charge in [-0.25, -0.2) is 0 Å². The number of benzene rings is 2. The zero-order chi connectivity index (χ0) is 20.8. The van der Waals surface area contributed by atoms with Crippen LogP contribution in [0.2, 0.25) is 0 Å². The molecule has 0 fully saturated rings. The first-order chi connectivity index (χ1) is 14.0. The van der Waals surface area contributed by atoms with E-state index >= 15 is 0 Å². The summed E-state index contributed by atoms with van der Waals surface area (Å²) in [7, 11) is 0. The van der Waals surface area contributed by atoms with Crippen LogP contribution in [0.25, 0.3) is 0 Å². The fourth-order valence-electron chi connectivity index (χ4n) is 3.48. The van der Waals surface area contributed by atoms with Crippen molar-refractivity contribution in [3.05, 3.63) is 59.7 Å². The van der Waals surface area contributed by atoms with Crippen molar-refractivity contribution in [3.8, 4) is 11.5 Å². The molecule has 2 amide bonds. The number of carbonyl (C=O) groups excluding carboxylic acids is 2. The summed E-state index contributed by atoms with van der Waals surface area (Å²) in [6.45, 7) is 2.12. The second kappa shape index (κ2) is 9.23. The van der Waals surface area contributed by atoms with Crippen molar-refractivity contribution >= 4 is 17.6 Å². The molecule has 7 nitrogen and oxygen atoms in total. The lowest BCUT2D eigenvalue weighted by molar-refractivity contribution is -0.122. The van der Waals surface area contributed by atoms with Crippen molar-refractivity contribution in [3.63, 3.8) is 0 Å². The number of nitrogens with two attached hydrogens (primary N) is 2. The smallest absolute Gasteiger partial charge is 0.242 e. The summed E-state index contributed by atoms with van der Waals surface area (Å²) in [6.07, 6.45) is 1.91. The topological polar surface area (TPSA) is 120 Å². The quantitative estimate of drug-likeness (QED) is 0.362. The van der Waals surface area contributed by atoms with Gasteiger partial charge in [-0.2, -0.15) is 0 Å². The summed E-state index contributed by atoms with van der Waals surface area (Å²) in [5, 5.41) is 3.01. The van der Waals surface area contributed by atoms with Crippen LogP contribution in [-0.2, 0) is 9.59 Å². The Morgan fingerprint density at radius 2 is 1.62 bits per heavy atom. The number of rotatable bonds is 8. The van der Waals surface area contributed by atoms with E-state index in [1.165, 1.54) is 0 Å². The molecular formula is C22H26N4O3. The Labute approximate surface area is 170 Å². The number of carbonyl (C=O) groups is 2. The average molecular weight is 394 g/mol. The molecule has 0 saturated carbocycles. The predicted molar refractivity (Wildman–Crippen MR) is 112 cm³/mol. The fraction of sp³-hybridized carbons (Fsp3) is 0.318. The lowest BCUT2D eigenvalue weighted by Crippen LogP contribution is -2.32. The standard InChI is InChI=1S/C22H26N4O3/c1-14(23)26-17(21(24)27)10-6-7-13-25-22(28)20-15-8-2-4-11-18(15)29-19-12-5-3-9-16(19)20/h2-5,8-9,11-12,17,20H,6-7,10,13H2,1H3,(H2,23,26)(H2,24,27)(H,25,28)/t17-/m0/s1. The van der Waals surface area contributed by atoms with Gasteiger partial charge in [0.1, 0.15) is 17.5 Å². The normalized spacial score (nSPS) is 14.3. The molecular weight excluding hydrogens is 368 g/mol. The number of hydrogen-bond donors (Lipinski definition) is 3. The molecule has 1 aliphatic heterocycles. The molecule has 5 N–H and O–H groups in total. The number of primary amides is 1. The highest BCUT2D eigenvalue weighted by atomic mass is 16.5. The zero-order valence-electron chi connectivity index (χ0n) is 16.4. The number of unbranched alkanes of at least 4 members (excludes halogenated alkanes) is 1. The van der Waals surface area contributed by atoms with Crippen LogP contribution in [-0.4, -0.2) is 30.2 Å². The van der Waals surface area contributed by atoms with E-state index in [-0.39, 0.29) is 5.91 Å². The minimum Gasteiger partial charge on any atom is -0.457 e. The highest BCUT2D eigenvalue weighted by Crippen LogP contribution is 2.43. The molecule has 0 aromatic heterocycles. The van der Waals surface area contributed by atoms with Gasteiger partial charge in [-0.15, -0.1) is 0 Å². The summed E-state index contributed by atoms with van der Waals surface area (Å²) in [6, 6.07) is 14.5. The molecule has 0 spiro atoms. The lowest BCUT2D eigenvalue weighted by atomic mass is 9.87. The molecule has 7 heteroatoms. The SMILES string of the molecule is CC(N)=N[C@@H](CCCCNC(=O)C1c2ccccc2Oc2ccccc21)C(N)=O. The van der Waals surface area contributed by atoms with Gasteiger partial charge in [0.15, 0.2) is 0 Å². The van der Waals surface area contributed by atoms with Gasteiger partial charge in [0.05, 0.1) is 11.8 Å². The molecule has 0 bridgehead atoms. The molecule has 2 aromatic rings. The first-order valence-electron chi connectivity index (χ1n) is 9.70. The highest BCUT2D eigenvalue weighted by molar-refractivity contribution is 5.89. The van der Waals surface area contributed by atoms with Gasteiger partial charge < -0.3 is 21.5 Å². The number of nitrogens with one attached hydrogen (secondary N) is 1. The first-order valence-corrected chi connectivity index (χ1v) is 9.70. The van der Waals surface area contributed by atoms with Crippen molar-refractivity contribution in [1.29, 1.82) is 0 Å². The molecule has 1 aliphatic rings. The van der Waals surface area contributed by atoms with Gasteiger partial charge in [0.2, 0.25) is 11.8 Å². The third kappa shape index (κ3) is 4.93. The highest BCUT2D eigenvalue weighted by Gasteiger charge is 2.32. The minimum absolute atomic E-state index is 0.0736. The summed E-state index contributed by atoms with van der Waals surface area (Å²) >= 11 is 0.